The fourth-order valence-corrected chi connectivity index (χ4v) is 3.63. The van der Waals surface area contributed by atoms with Crippen LogP contribution in [0.15, 0.2) is 51.8 Å². The summed E-state index contributed by atoms with van der Waals surface area (Å²) in [5.74, 6) is 0. The number of anilines is 1. The summed E-state index contributed by atoms with van der Waals surface area (Å²) >= 11 is 9.20. The third kappa shape index (κ3) is 3.77. The van der Waals surface area contributed by atoms with Crippen molar-refractivity contribution in [3.63, 3.8) is 0 Å². The number of halogens is 2. The molecule has 2 rings (SSSR count). The van der Waals surface area contributed by atoms with Gasteiger partial charge < -0.3 is 5.73 Å². The third-order valence-corrected chi connectivity index (χ3v) is 5.61. The van der Waals surface area contributed by atoms with E-state index in [2.05, 4.69) is 15.9 Å². The summed E-state index contributed by atoms with van der Waals surface area (Å²) in [6.45, 7) is 0.252. The Kier molecular flexibility index (Phi) is 4.93. The quantitative estimate of drug-likeness (QED) is 0.814. The highest BCUT2D eigenvalue weighted by Gasteiger charge is 2.23. The van der Waals surface area contributed by atoms with Gasteiger partial charge in [-0.3, -0.25) is 0 Å². The number of nitrogens with zero attached hydrogens (tertiary/aromatic N) is 1. The van der Waals surface area contributed by atoms with Gasteiger partial charge in [-0.15, -0.1) is 0 Å². The van der Waals surface area contributed by atoms with Crippen LogP contribution in [0, 0.1) is 0 Å². The lowest BCUT2D eigenvalue weighted by molar-refractivity contribution is 0.467. The second-order valence-corrected chi connectivity index (χ2v) is 7.94. The van der Waals surface area contributed by atoms with Gasteiger partial charge in [-0.1, -0.05) is 39.7 Å². The summed E-state index contributed by atoms with van der Waals surface area (Å²) < 4.78 is 27.3. The molecule has 2 N–H and O–H groups in total. The first-order valence-corrected chi connectivity index (χ1v) is 8.67. The topological polar surface area (TPSA) is 63.4 Å². The van der Waals surface area contributed by atoms with Crippen molar-refractivity contribution in [2.24, 2.45) is 0 Å². The number of sulfonamides is 1. The second kappa shape index (κ2) is 6.36. The molecule has 4 nitrogen and oxygen atoms in total. The Morgan fingerprint density at radius 2 is 1.81 bits per heavy atom. The minimum Gasteiger partial charge on any atom is -0.398 e. The summed E-state index contributed by atoms with van der Waals surface area (Å²) in [5, 5.41) is 0.333. The average molecular weight is 390 g/mol. The van der Waals surface area contributed by atoms with Gasteiger partial charge >= 0.3 is 0 Å². The second-order valence-electron chi connectivity index (χ2n) is 4.57. The van der Waals surface area contributed by atoms with Crippen LogP contribution in [0.3, 0.4) is 0 Å². The number of rotatable bonds is 4. The van der Waals surface area contributed by atoms with Crippen LogP contribution < -0.4 is 5.73 Å². The Morgan fingerprint density at radius 1 is 1.19 bits per heavy atom. The van der Waals surface area contributed by atoms with Gasteiger partial charge in [0.1, 0.15) is 4.90 Å². The maximum atomic E-state index is 12.6. The molecule has 0 unspecified atom stereocenters. The Hall–Kier alpha value is -1.08. The Bertz CT molecular complexity index is 748. The van der Waals surface area contributed by atoms with Crippen molar-refractivity contribution >= 4 is 43.2 Å². The smallest absolute Gasteiger partial charge is 0.245 e. The van der Waals surface area contributed by atoms with Gasteiger partial charge in [-0.05, 0) is 35.9 Å². The number of hydrogen-bond donors (Lipinski definition) is 1. The number of benzene rings is 2. The molecule has 0 spiro atoms. The maximum Gasteiger partial charge on any atom is 0.245 e. The summed E-state index contributed by atoms with van der Waals surface area (Å²) in [7, 11) is -2.18. The van der Waals surface area contributed by atoms with E-state index in [9.17, 15) is 8.42 Å². The van der Waals surface area contributed by atoms with E-state index in [-0.39, 0.29) is 17.1 Å². The van der Waals surface area contributed by atoms with E-state index in [1.807, 2.05) is 24.3 Å². The molecule has 0 heterocycles. The largest absolute Gasteiger partial charge is 0.398 e. The molecule has 0 radical (unpaired) electrons. The normalized spacial score (nSPS) is 11.8. The van der Waals surface area contributed by atoms with Crippen LogP contribution in [-0.2, 0) is 16.6 Å². The summed E-state index contributed by atoms with van der Waals surface area (Å²) in [6.07, 6.45) is 0. The van der Waals surface area contributed by atoms with Gasteiger partial charge in [0.2, 0.25) is 10.0 Å². The molecule has 0 aliphatic heterocycles. The summed E-state index contributed by atoms with van der Waals surface area (Å²) in [4.78, 5) is 0.0228. The Morgan fingerprint density at radius 3 is 2.43 bits per heavy atom. The standard InChI is InChI=1S/C14H14BrClN2O2S/c1-18(9-10-2-4-11(15)5-3-10)21(19,20)14-8-12(16)6-7-13(14)17/h2-8H,9,17H2,1H3. The fourth-order valence-electron chi connectivity index (χ4n) is 1.83. The molecular formula is C14H14BrClN2O2S. The third-order valence-electron chi connectivity index (χ3n) is 2.98. The van der Waals surface area contributed by atoms with E-state index in [0.717, 1.165) is 10.0 Å². The molecule has 112 valence electrons. The van der Waals surface area contributed by atoms with Gasteiger partial charge in [0, 0.05) is 23.1 Å². The van der Waals surface area contributed by atoms with Crippen LogP contribution in [0.1, 0.15) is 5.56 Å². The molecule has 2 aromatic rings. The van der Waals surface area contributed by atoms with Crippen molar-refractivity contribution in [3.8, 4) is 0 Å². The molecule has 0 aliphatic carbocycles. The first kappa shape index (κ1) is 16.3. The first-order valence-electron chi connectivity index (χ1n) is 6.06. The molecule has 0 aliphatic rings. The molecule has 21 heavy (non-hydrogen) atoms. The lowest BCUT2D eigenvalue weighted by atomic mass is 10.2. The summed E-state index contributed by atoms with van der Waals surface area (Å²) in [6, 6.07) is 11.9. The van der Waals surface area contributed by atoms with Crippen LogP contribution >= 0.6 is 27.5 Å². The van der Waals surface area contributed by atoms with Crippen molar-refractivity contribution < 1.29 is 8.42 Å². The van der Waals surface area contributed by atoms with Crippen LogP contribution in [0.4, 0.5) is 5.69 Å². The zero-order valence-corrected chi connectivity index (χ0v) is 14.4. The van der Waals surface area contributed by atoms with Gasteiger partial charge in [-0.2, -0.15) is 4.31 Å². The minimum absolute atomic E-state index is 0.0228. The molecule has 0 atom stereocenters. The predicted molar refractivity (Wildman–Crippen MR) is 88.7 cm³/mol. The van der Waals surface area contributed by atoms with Crippen molar-refractivity contribution in [2.75, 3.05) is 12.8 Å². The first-order chi connectivity index (χ1) is 9.80. The van der Waals surface area contributed by atoms with Gasteiger partial charge in [0.25, 0.3) is 0 Å². The highest BCUT2D eigenvalue weighted by atomic mass is 79.9. The van der Waals surface area contributed by atoms with Crippen LogP contribution in [0.2, 0.25) is 5.02 Å². The highest BCUT2D eigenvalue weighted by Crippen LogP contribution is 2.26. The van der Waals surface area contributed by atoms with E-state index in [4.69, 9.17) is 17.3 Å². The van der Waals surface area contributed by atoms with E-state index < -0.39 is 10.0 Å². The monoisotopic (exact) mass is 388 g/mol. The lowest BCUT2D eigenvalue weighted by Crippen LogP contribution is -2.27. The van der Waals surface area contributed by atoms with Crippen LogP contribution in [0.25, 0.3) is 0 Å². The van der Waals surface area contributed by atoms with Crippen LogP contribution in [0.5, 0.6) is 0 Å². The van der Waals surface area contributed by atoms with Crippen LogP contribution in [-0.4, -0.2) is 19.8 Å². The van der Waals surface area contributed by atoms with Gasteiger partial charge in [-0.25, -0.2) is 8.42 Å². The summed E-state index contributed by atoms with van der Waals surface area (Å²) in [5.41, 5.74) is 6.82. The lowest BCUT2D eigenvalue weighted by Gasteiger charge is -2.18. The fraction of sp³-hybridized carbons (Fsp3) is 0.143. The van der Waals surface area contributed by atoms with Crippen molar-refractivity contribution in [3.05, 3.63) is 57.5 Å². The molecule has 0 fully saturated rings. The minimum atomic E-state index is -3.69. The maximum absolute atomic E-state index is 12.6. The van der Waals surface area contributed by atoms with Gasteiger partial charge in [0.05, 0.1) is 5.69 Å². The van der Waals surface area contributed by atoms with E-state index in [0.29, 0.717) is 5.02 Å². The SMILES string of the molecule is CN(Cc1ccc(Br)cc1)S(=O)(=O)c1cc(Cl)ccc1N. The Labute approximate surface area is 137 Å². The highest BCUT2D eigenvalue weighted by molar-refractivity contribution is 9.10. The van der Waals surface area contributed by atoms with Crippen molar-refractivity contribution in [2.45, 2.75) is 11.4 Å². The molecular weight excluding hydrogens is 376 g/mol. The number of hydrogen-bond acceptors (Lipinski definition) is 3. The molecule has 0 amide bonds. The zero-order valence-electron chi connectivity index (χ0n) is 11.3. The molecule has 0 saturated carbocycles. The number of nitrogens with two attached hydrogens (primary N) is 1. The van der Waals surface area contributed by atoms with E-state index in [1.54, 1.807) is 6.07 Å². The number of nitrogen functional groups attached to an aromatic ring is 1. The molecule has 0 aromatic heterocycles. The molecule has 2 aromatic carbocycles. The van der Waals surface area contributed by atoms with E-state index >= 15 is 0 Å². The molecule has 0 saturated heterocycles. The average Bonchev–Trinajstić information content (AvgIpc) is 2.43. The predicted octanol–water partition coefficient (Wildman–Crippen LogP) is 3.51. The zero-order chi connectivity index (χ0) is 15.6. The van der Waals surface area contributed by atoms with E-state index in [1.165, 1.54) is 23.5 Å². The molecule has 7 heteroatoms. The van der Waals surface area contributed by atoms with Gasteiger partial charge in [0.15, 0.2) is 0 Å². The Balaban J connectivity index is 2.30. The van der Waals surface area contributed by atoms with Crippen molar-refractivity contribution in [1.82, 2.24) is 4.31 Å². The molecule has 0 bridgehead atoms. The van der Waals surface area contributed by atoms with Crippen molar-refractivity contribution in [1.29, 1.82) is 0 Å².